The van der Waals surface area contributed by atoms with Crippen LogP contribution in [0.3, 0.4) is 0 Å². The van der Waals surface area contributed by atoms with Crippen LogP contribution >= 0.6 is 12.2 Å². The maximum absolute atomic E-state index is 10.3. The quantitative estimate of drug-likeness (QED) is 0.559. The Labute approximate surface area is 159 Å². The van der Waals surface area contributed by atoms with Crippen molar-refractivity contribution in [3.63, 3.8) is 0 Å². The minimum Gasteiger partial charge on any atom is -0.387 e. The summed E-state index contributed by atoms with van der Waals surface area (Å²) in [6, 6.07) is 9.93. The third-order valence-corrected chi connectivity index (χ3v) is 4.57. The standard InChI is InChI=1S/C17H24N2O5S.CH4/c20-13-14(21)16-23-8-4-7-22-15(13)12(24-16)10-19-17(25)18-9-11-5-2-1-3-6-11;/h1-3,5-6,12-16,20-21H,4,7-10H2,(H2,18,19,25);1H4. The van der Waals surface area contributed by atoms with Crippen molar-refractivity contribution in [1.82, 2.24) is 10.6 Å². The number of rotatable bonds is 4. The molecule has 0 amide bonds. The number of aliphatic hydroxyl groups excluding tert-OH is 2. The Morgan fingerprint density at radius 1 is 1.08 bits per heavy atom. The Morgan fingerprint density at radius 2 is 1.81 bits per heavy atom. The van der Waals surface area contributed by atoms with Gasteiger partial charge in [0.2, 0.25) is 0 Å². The van der Waals surface area contributed by atoms with Gasteiger partial charge >= 0.3 is 0 Å². The second kappa shape index (κ2) is 10.1. The van der Waals surface area contributed by atoms with E-state index in [4.69, 9.17) is 26.4 Å². The second-order valence-corrected chi connectivity index (χ2v) is 6.54. The topological polar surface area (TPSA) is 92.2 Å². The molecule has 3 heterocycles. The van der Waals surface area contributed by atoms with E-state index < -0.39 is 30.7 Å². The average molecular weight is 384 g/mol. The number of hydrogen-bond acceptors (Lipinski definition) is 6. The van der Waals surface area contributed by atoms with Gasteiger partial charge in [0, 0.05) is 19.7 Å². The molecule has 4 rings (SSSR count). The van der Waals surface area contributed by atoms with Crippen molar-refractivity contribution in [1.29, 1.82) is 0 Å². The zero-order chi connectivity index (χ0) is 17.6. The van der Waals surface area contributed by atoms with Gasteiger partial charge in [-0.2, -0.15) is 0 Å². The van der Waals surface area contributed by atoms with Crippen molar-refractivity contribution in [3.05, 3.63) is 35.9 Å². The molecule has 2 bridgehead atoms. The minimum absolute atomic E-state index is 0. The van der Waals surface area contributed by atoms with E-state index in [0.717, 1.165) is 5.56 Å². The van der Waals surface area contributed by atoms with Crippen LogP contribution in [0.5, 0.6) is 0 Å². The van der Waals surface area contributed by atoms with Crippen LogP contribution in [0.2, 0.25) is 0 Å². The molecule has 0 aromatic heterocycles. The lowest BCUT2D eigenvalue weighted by Crippen LogP contribution is -2.61. The highest BCUT2D eigenvalue weighted by molar-refractivity contribution is 7.80. The van der Waals surface area contributed by atoms with E-state index in [2.05, 4.69) is 10.6 Å². The summed E-state index contributed by atoms with van der Waals surface area (Å²) in [5.41, 5.74) is 1.12. The second-order valence-electron chi connectivity index (χ2n) is 6.13. The fraction of sp³-hybridized carbons (Fsp3) is 0.611. The van der Waals surface area contributed by atoms with Gasteiger partial charge in [0.05, 0.1) is 6.61 Å². The van der Waals surface area contributed by atoms with Crippen molar-refractivity contribution < 1.29 is 24.4 Å². The zero-order valence-electron chi connectivity index (χ0n) is 13.8. The Kier molecular flexibility index (Phi) is 8.20. The van der Waals surface area contributed by atoms with Gasteiger partial charge in [-0.15, -0.1) is 0 Å². The molecular weight excluding hydrogens is 356 g/mol. The largest absolute Gasteiger partial charge is 0.387 e. The van der Waals surface area contributed by atoms with E-state index in [1.165, 1.54) is 0 Å². The lowest BCUT2D eigenvalue weighted by Gasteiger charge is -2.41. The monoisotopic (exact) mass is 384 g/mol. The average Bonchev–Trinajstić information content (AvgIpc) is 2.77. The maximum Gasteiger partial charge on any atom is 0.186 e. The molecule has 5 atom stereocenters. The lowest BCUT2D eigenvalue weighted by atomic mass is 9.98. The highest BCUT2D eigenvalue weighted by Crippen LogP contribution is 2.25. The fourth-order valence-electron chi connectivity index (χ4n) is 2.93. The molecule has 8 heteroatoms. The normalized spacial score (nSPS) is 31.1. The van der Waals surface area contributed by atoms with E-state index in [1.807, 2.05) is 30.3 Å². The maximum atomic E-state index is 10.3. The Hall–Kier alpha value is -1.29. The van der Waals surface area contributed by atoms with Crippen molar-refractivity contribution in [2.75, 3.05) is 19.8 Å². The first-order valence-electron chi connectivity index (χ1n) is 8.45. The molecule has 146 valence electrons. The zero-order valence-corrected chi connectivity index (χ0v) is 14.7. The van der Waals surface area contributed by atoms with Crippen molar-refractivity contribution in [2.24, 2.45) is 0 Å². The summed E-state index contributed by atoms with van der Waals surface area (Å²) in [6.45, 7) is 1.82. The summed E-state index contributed by atoms with van der Waals surface area (Å²) in [4.78, 5) is 0. The smallest absolute Gasteiger partial charge is 0.186 e. The molecule has 0 aliphatic carbocycles. The molecule has 0 saturated carbocycles. The molecule has 0 spiro atoms. The third kappa shape index (κ3) is 5.35. The molecule has 4 N–H and O–H groups in total. The number of fused-ring (bicyclic) bond motifs is 6. The summed E-state index contributed by atoms with van der Waals surface area (Å²) >= 11 is 5.29. The molecule has 3 saturated heterocycles. The number of benzene rings is 1. The number of hydrogen-bond donors (Lipinski definition) is 4. The third-order valence-electron chi connectivity index (χ3n) is 4.28. The molecule has 1 aromatic carbocycles. The van der Waals surface area contributed by atoms with Gasteiger partial charge in [0.15, 0.2) is 11.4 Å². The molecular formula is C18H28N2O5S. The van der Waals surface area contributed by atoms with E-state index in [-0.39, 0.29) is 7.43 Å². The van der Waals surface area contributed by atoms with Crippen molar-refractivity contribution in [3.8, 4) is 0 Å². The molecule has 0 radical (unpaired) electrons. The van der Waals surface area contributed by atoms with Gasteiger partial charge in [0.1, 0.15) is 24.4 Å². The van der Waals surface area contributed by atoms with Crippen LogP contribution in [-0.4, -0.2) is 65.8 Å². The van der Waals surface area contributed by atoms with Crippen molar-refractivity contribution >= 4 is 17.3 Å². The number of aliphatic hydroxyl groups is 2. The Balaban J connectivity index is 0.00000243. The van der Waals surface area contributed by atoms with Gasteiger partial charge in [-0.05, 0) is 24.2 Å². The Bertz CT molecular complexity index is 560. The van der Waals surface area contributed by atoms with Gasteiger partial charge in [-0.1, -0.05) is 37.8 Å². The van der Waals surface area contributed by atoms with Crippen LogP contribution in [0.25, 0.3) is 0 Å². The molecule has 26 heavy (non-hydrogen) atoms. The molecule has 1 aromatic rings. The molecule has 3 aliphatic rings. The Morgan fingerprint density at radius 3 is 2.58 bits per heavy atom. The van der Waals surface area contributed by atoms with Crippen LogP contribution in [0.15, 0.2) is 30.3 Å². The first kappa shape index (κ1) is 21.0. The highest BCUT2D eigenvalue weighted by Gasteiger charge is 2.46. The predicted molar refractivity (Wildman–Crippen MR) is 102 cm³/mol. The predicted octanol–water partition coefficient (Wildman–Crippen LogP) is 0.539. The van der Waals surface area contributed by atoms with Crippen molar-refractivity contribution in [2.45, 2.75) is 51.1 Å². The van der Waals surface area contributed by atoms with Gasteiger partial charge in [-0.25, -0.2) is 0 Å². The fourth-order valence-corrected chi connectivity index (χ4v) is 3.08. The van der Waals surface area contributed by atoms with Crippen LogP contribution < -0.4 is 10.6 Å². The molecule has 7 nitrogen and oxygen atoms in total. The van der Waals surface area contributed by atoms with Gasteiger partial charge < -0.3 is 35.1 Å². The summed E-state index contributed by atoms with van der Waals surface area (Å²) < 4.78 is 16.9. The first-order chi connectivity index (χ1) is 12.1. The highest BCUT2D eigenvalue weighted by atomic mass is 32.1. The number of nitrogens with one attached hydrogen (secondary N) is 2. The van der Waals surface area contributed by atoms with Crippen LogP contribution in [0.4, 0.5) is 0 Å². The number of ether oxygens (including phenoxy) is 3. The van der Waals surface area contributed by atoms with Gasteiger partial charge in [0.25, 0.3) is 0 Å². The number of thiocarbonyl (C=S) groups is 1. The van der Waals surface area contributed by atoms with Crippen LogP contribution in [0.1, 0.15) is 19.4 Å². The van der Waals surface area contributed by atoms with Gasteiger partial charge in [-0.3, -0.25) is 0 Å². The molecule has 3 aliphatic heterocycles. The van der Waals surface area contributed by atoms with Crippen LogP contribution in [0, 0.1) is 0 Å². The first-order valence-corrected chi connectivity index (χ1v) is 8.86. The SMILES string of the molecule is C.OC1C2OCCCOC(C(CNC(=S)NCc3ccccc3)O2)C1O. The molecule has 5 unspecified atom stereocenters. The van der Waals surface area contributed by atoms with E-state index in [1.54, 1.807) is 0 Å². The summed E-state index contributed by atoms with van der Waals surface area (Å²) in [5, 5.41) is 27.0. The molecule has 3 fully saturated rings. The summed E-state index contributed by atoms with van der Waals surface area (Å²) in [7, 11) is 0. The minimum atomic E-state index is -1.12. The lowest BCUT2D eigenvalue weighted by molar-refractivity contribution is -0.292. The van der Waals surface area contributed by atoms with E-state index >= 15 is 0 Å². The van der Waals surface area contributed by atoms with E-state index in [9.17, 15) is 10.2 Å². The van der Waals surface area contributed by atoms with E-state index in [0.29, 0.717) is 37.8 Å². The summed E-state index contributed by atoms with van der Waals surface area (Å²) in [5.74, 6) is 0. The van der Waals surface area contributed by atoms with Crippen LogP contribution in [-0.2, 0) is 20.8 Å². The summed E-state index contributed by atoms with van der Waals surface area (Å²) in [6.07, 6.45) is -3.45.